The fourth-order valence-electron chi connectivity index (χ4n) is 3.46. The maximum absolute atomic E-state index is 13.8. The third kappa shape index (κ3) is 3.00. The van der Waals surface area contributed by atoms with Gasteiger partial charge in [-0.2, -0.15) is 0 Å². The van der Waals surface area contributed by atoms with Crippen molar-refractivity contribution in [1.29, 1.82) is 0 Å². The molecule has 3 aromatic rings. The summed E-state index contributed by atoms with van der Waals surface area (Å²) in [6.45, 7) is 0.0948. The molecule has 4 rings (SSSR count). The molecule has 0 atom stereocenters. The van der Waals surface area contributed by atoms with Gasteiger partial charge in [0.05, 0.1) is 12.1 Å². The first-order valence-electron chi connectivity index (χ1n) is 8.65. The summed E-state index contributed by atoms with van der Waals surface area (Å²) in [5.74, 6) is -0.128. The third-order valence-corrected chi connectivity index (χ3v) is 4.83. The van der Waals surface area contributed by atoms with Crippen molar-refractivity contribution >= 4 is 0 Å². The van der Waals surface area contributed by atoms with Gasteiger partial charge < -0.3 is 13.7 Å². The summed E-state index contributed by atoms with van der Waals surface area (Å²) in [5, 5.41) is 3.89. The summed E-state index contributed by atoms with van der Waals surface area (Å²) in [6, 6.07) is 7.92. The minimum atomic E-state index is -0.588. The van der Waals surface area contributed by atoms with E-state index < -0.39 is 16.9 Å². The Hall–Kier alpha value is -2.96. The van der Waals surface area contributed by atoms with Crippen molar-refractivity contribution in [2.45, 2.75) is 38.3 Å². The van der Waals surface area contributed by atoms with Gasteiger partial charge in [-0.25, -0.2) is 4.39 Å². The Morgan fingerprint density at radius 1 is 1.12 bits per heavy atom. The Bertz CT molecular complexity index is 1040. The highest BCUT2D eigenvalue weighted by atomic mass is 19.1. The van der Waals surface area contributed by atoms with Crippen molar-refractivity contribution in [3.8, 4) is 11.3 Å². The van der Waals surface area contributed by atoms with Crippen LogP contribution in [0.2, 0.25) is 0 Å². The molecule has 0 unspecified atom stereocenters. The second-order valence-electron chi connectivity index (χ2n) is 6.54. The third-order valence-electron chi connectivity index (χ3n) is 4.83. The summed E-state index contributed by atoms with van der Waals surface area (Å²) in [5.41, 5.74) is -0.356. The highest BCUT2D eigenvalue weighted by Crippen LogP contribution is 2.27. The summed E-state index contributed by atoms with van der Waals surface area (Å²) in [6.07, 6.45) is 7.28. The van der Waals surface area contributed by atoms with Crippen molar-refractivity contribution < 1.29 is 8.91 Å². The zero-order chi connectivity index (χ0) is 18.1. The molecule has 1 aliphatic rings. The van der Waals surface area contributed by atoms with E-state index in [1.165, 1.54) is 10.6 Å². The standard InChI is InChI=1S/C19H18FN3O3/c20-16-8-4-3-7-15(16)17-11-13(21-26-17)12-22-9-10-23(19(25)18(22)24)14-5-1-2-6-14/h3-4,7-11,14H,1-2,5-6,12H2. The molecule has 0 N–H and O–H groups in total. The predicted molar refractivity (Wildman–Crippen MR) is 93.5 cm³/mol. The van der Waals surface area contributed by atoms with Crippen LogP contribution in [0.3, 0.4) is 0 Å². The fraction of sp³-hybridized carbons (Fsp3) is 0.316. The predicted octanol–water partition coefficient (Wildman–Crippen LogP) is 2.97. The lowest BCUT2D eigenvalue weighted by Gasteiger charge is -2.13. The topological polar surface area (TPSA) is 70.0 Å². The molecule has 0 saturated heterocycles. The van der Waals surface area contributed by atoms with E-state index in [2.05, 4.69) is 5.16 Å². The van der Waals surface area contributed by atoms with Crippen LogP contribution in [-0.2, 0) is 6.54 Å². The second kappa shape index (κ2) is 6.74. The molecule has 0 aliphatic heterocycles. The zero-order valence-corrected chi connectivity index (χ0v) is 14.1. The van der Waals surface area contributed by atoms with Crippen LogP contribution < -0.4 is 11.1 Å². The van der Waals surface area contributed by atoms with Gasteiger partial charge in [-0.15, -0.1) is 0 Å². The average Bonchev–Trinajstić information content (AvgIpc) is 3.32. The van der Waals surface area contributed by atoms with E-state index in [0.717, 1.165) is 25.7 Å². The van der Waals surface area contributed by atoms with Gasteiger partial charge in [0.25, 0.3) is 0 Å². The summed E-state index contributed by atoms with van der Waals surface area (Å²) in [4.78, 5) is 24.8. The monoisotopic (exact) mass is 355 g/mol. The highest BCUT2D eigenvalue weighted by molar-refractivity contribution is 5.57. The maximum atomic E-state index is 13.8. The maximum Gasteiger partial charge on any atom is 0.316 e. The summed E-state index contributed by atoms with van der Waals surface area (Å²) in [7, 11) is 0. The van der Waals surface area contributed by atoms with E-state index in [-0.39, 0.29) is 18.3 Å². The van der Waals surface area contributed by atoms with Gasteiger partial charge in [0, 0.05) is 24.5 Å². The summed E-state index contributed by atoms with van der Waals surface area (Å²) >= 11 is 0. The smallest absolute Gasteiger partial charge is 0.316 e. The highest BCUT2D eigenvalue weighted by Gasteiger charge is 2.19. The van der Waals surface area contributed by atoms with Gasteiger partial charge >= 0.3 is 11.1 Å². The van der Waals surface area contributed by atoms with Crippen LogP contribution >= 0.6 is 0 Å². The fourth-order valence-corrected chi connectivity index (χ4v) is 3.46. The molecule has 2 heterocycles. The van der Waals surface area contributed by atoms with E-state index in [4.69, 9.17) is 4.52 Å². The van der Waals surface area contributed by atoms with Crippen LogP contribution in [0, 0.1) is 5.82 Å². The van der Waals surface area contributed by atoms with E-state index in [0.29, 0.717) is 11.3 Å². The second-order valence-corrected chi connectivity index (χ2v) is 6.54. The lowest BCUT2D eigenvalue weighted by atomic mass is 10.1. The molecule has 0 bridgehead atoms. The van der Waals surface area contributed by atoms with Crippen molar-refractivity contribution in [3.05, 3.63) is 74.9 Å². The number of aromatic nitrogens is 3. The minimum Gasteiger partial charge on any atom is -0.356 e. The Morgan fingerprint density at radius 2 is 1.88 bits per heavy atom. The largest absolute Gasteiger partial charge is 0.356 e. The first kappa shape index (κ1) is 16.5. The van der Waals surface area contributed by atoms with Gasteiger partial charge in [-0.05, 0) is 25.0 Å². The lowest BCUT2D eigenvalue weighted by molar-refractivity contribution is 0.417. The van der Waals surface area contributed by atoms with E-state index in [9.17, 15) is 14.0 Å². The van der Waals surface area contributed by atoms with E-state index >= 15 is 0 Å². The van der Waals surface area contributed by atoms with E-state index in [1.54, 1.807) is 41.2 Å². The SMILES string of the molecule is O=c1c(=O)n(C2CCCC2)ccn1Cc1cc(-c2ccccc2F)on1. The van der Waals surface area contributed by atoms with Crippen molar-refractivity contribution in [1.82, 2.24) is 14.3 Å². The summed E-state index contributed by atoms with van der Waals surface area (Å²) < 4.78 is 21.9. The van der Waals surface area contributed by atoms with Crippen LogP contribution in [0.5, 0.6) is 0 Å². The molecule has 26 heavy (non-hydrogen) atoms. The number of hydrogen-bond acceptors (Lipinski definition) is 4. The minimum absolute atomic E-state index is 0.0948. The molecule has 0 radical (unpaired) electrons. The Balaban J connectivity index is 1.60. The molecule has 1 aliphatic carbocycles. The molecule has 7 heteroatoms. The van der Waals surface area contributed by atoms with Crippen LogP contribution in [0.15, 0.2) is 56.8 Å². The number of hydrogen-bond donors (Lipinski definition) is 0. The average molecular weight is 355 g/mol. The first-order chi connectivity index (χ1) is 12.6. The van der Waals surface area contributed by atoms with Gasteiger partial charge in [0.15, 0.2) is 5.76 Å². The Labute approximate surface area is 148 Å². The number of rotatable bonds is 4. The van der Waals surface area contributed by atoms with Crippen molar-refractivity contribution in [3.63, 3.8) is 0 Å². The number of halogens is 1. The molecule has 0 amide bonds. The first-order valence-corrected chi connectivity index (χ1v) is 8.65. The zero-order valence-electron chi connectivity index (χ0n) is 14.1. The number of nitrogens with zero attached hydrogens (tertiary/aromatic N) is 3. The quantitative estimate of drug-likeness (QED) is 0.675. The Kier molecular flexibility index (Phi) is 4.28. The van der Waals surface area contributed by atoms with Crippen LogP contribution in [-0.4, -0.2) is 14.3 Å². The molecule has 0 spiro atoms. The molecule has 2 aromatic heterocycles. The Morgan fingerprint density at radius 3 is 2.65 bits per heavy atom. The van der Waals surface area contributed by atoms with Gasteiger partial charge in [0.2, 0.25) is 0 Å². The molecule has 6 nitrogen and oxygen atoms in total. The van der Waals surface area contributed by atoms with E-state index in [1.807, 2.05) is 0 Å². The molecule has 1 aromatic carbocycles. The molecular formula is C19H18FN3O3. The van der Waals surface area contributed by atoms with Gasteiger partial charge in [-0.1, -0.05) is 30.1 Å². The van der Waals surface area contributed by atoms with Crippen molar-refractivity contribution in [2.75, 3.05) is 0 Å². The molecule has 1 saturated carbocycles. The number of benzene rings is 1. The van der Waals surface area contributed by atoms with Crippen LogP contribution in [0.1, 0.15) is 37.4 Å². The normalized spacial score (nSPS) is 14.8. The molecule has 134 valence electrons. The molecular weight excluding hydrogens is 337 g/mol. The van der Waals surface area contributed by atoms with Gasteiger partial charge in [0.1, 0.15) is 11.5 Å². The lowest BCUT2D eigenvalue weighted by Crippen LogP contribution is -2.41. The van der Waals surface area contributed by atoms with Crippen LogP contribution in [0.4, 0.5) is 4.39 Å². The van der Waals surface area contributed by atoms with Gasteiger partial charge in [-0.3, -0.25) is 9.59 Å². The van der Waals surface area contributed by atoms with Crippen LogP contribution in [0.25, 0.3) is 11.3 Å². The molecule has 1 fully saturated rings. The van der Waals surface area contributed by atoms with Crippen molar-refractivity contribution in [2.24, 2.45) is 0 Å².